The first kappa shape index (κ1) is 25.6. The van der Waals surface area contributed by atoms with Crippen molar-refractivity contribution in [2.45, 2.75) is 45.1 Å². The molecule has 0 fully saturated rings. The zero-order chi connectivity index (χ0) is 24.3. The molecule has 1 atom stereocenters. The van der Waals surface area contributed by atoms with Crippen molar-refractivity contribution >= 4 is 23.6 Å². The highest BCUT2D eigenvalue weighted by Gasteiger charge is 2.22. The number of carbonyl (C=O) groups excluding carboxylic acids is 1. The van der Waals surface area contributed by atoms with Crippen molar-refractivity contribution in [2.24, 2.45) is 0 Å². The molecule has 34 heavy (non-hydrogen) atoms. The summed E-state index contributed by atoms with van der Waals surface area (Å²) in [6.45, 7) is 2.03. The van der Waals surface area contributed by atoms with Crippen molar-refractivity contribution in [1.82, 2.24) is 5.32 Å². The molecule has 0 heterocycles. The van der Waals surface area contributed by atoms with E-state index in [-0.39, 0.29) is 5.91 Å². The Morgan fingerprint density at radius 1 is 0.882 bits per heavy atom. The monoisotopic (exact) mass is 475 g/mol. The zero-order valence-electron chi connectivity index (χ0n) is 19.9. The lowest BCUT2D eigenvalue weighted by Crippen LogP contribution is -2.41. The highest BCUT2D eigenvalue weighted by molar-refractivity contribution is 7.98. The average Bonchev–Trinajstić information content (AvgIpc) is 2.85. The largest absolute Gasteiger partial charge is 0.480 e. The number of benzene rings is 3. The number of nitrogens with one attached hydrogen (secondary N) is 1. The molecule has 4 nitrogen and oxygen atoms in total. The second kappa shape index (κ2) is 13.0. The molecule has 5 heteroatoms. The van der Waals surface area contributed by atoms with Crippen molar-refractivity contribution < 1.29 is 14.7 Å². The molecule has 3 aromatic carbocycles. The van der Waals surface area contributed by atoms with Crippen LogP contribution in [0.1, 0.15) is 46.3 Å². The molecule has 178 valence electrons. The molecular formula is C29H33NO3S. The Bertz CT molecular complexity index is 1100. The third kappa shape index (κ3) is 7.22. The number of aryl methyl sites for hydroxylation is 3. The summed E-state index contributed by atoms with van der Waals surface area (Å²) < 4.78 is 0. The fraction of sp³-hybridized carbons (Fsp3) is 0.310. The maximum absolute atomic E-state index is 13.2. The number of thioether (sulfide) groups is 1. The zero-order valence-corrected chi connectivity index (χ0v) is 20.7. The number of carboxylic acids is 1. The van der Waals surface area contributed by atoms with Gasteiger partial charge in [0.1, 0.15) is 6.04 Å². The highest BCUT2D eigenvalue weighted by atomic mass is 32.2. The second-order valence-electron chi connectivity index (χ2n) is 8.53. The molecular weight excluding hydrogens is 442 g/mol. The van der Waals surface area contributed by atoms with Gasteiger partial charge in [-0.15, -0.1) is 0 Å². The second-order valence-corrected chi connectivity index (χ2v) is 9.52. The van der Waals surface area contributed by atoms with Gasteiger partial charge in [-0.1, -0.05) is 66.7 Å². The topological polar surface area (TPSA) is 66.4 Å². The van der Waals surface area contributed by atoms with E-state index in [2.05, 4.69) is 35.6 Å². The smallest absolute Gasteiger partial charge is 0.326 e. The van der Waals surface area contributed by atoms with Crippen LogP contribution in [0.15, 0.2) is 72.8 Å². The van der Waals surface area contributed by atoms with Crippen molar-refractivity contribution in [3.63, 3.8) is 0 Å². The van der Waals surface area contributed by atoms with Crippen LogP contribution < -0.4 is 5.32 Å². The molecule has 0 aromatic heterocycles. The van der Waals surface area contributed by atoms with Crippen molar-refractivity contribution in [2.75, 3.05) is 12.0 Å². The Kier molecular flexibility index (Phi) is 9.77. The molecule has 0 spiro atoms. The van der Waals surface area contributed by atoms with E-state index in [1.807, 2.05) is 55.6 Å². The molecule has 0 saturated heterocycles. The molecule has 0 bridgehead atoms. The summed E-state index contributed by atoms with van der Waals surface area (Å²) in [4.78, 5) is 24.8. The van der Waals surface area contributed by atoms with Gasteiger partial charge in [0, 0.05) is 5.56 Å². The van der Waals surface area contributed by atoms with Gasteiger partial charge in [-0.2, -0.15) is 11.8 Å². The molecule has 0 aliphatic carbocycles. The molecule has 1 amide bonds. The first-order chi connectivity index (χ1) is 16.5. The van der Waals surface area contributed by atoms with Gasteiger partial charge in [-0.3, -0.25) is 4.79 Å². The van der Waals surface area contributed by atoms with E-state index in [0.29, 0.717) is 17.7 Å². The van der Waals surface area contributed by atoms with Crippen LogP contribution in [-0.2, 0) is 17.6 Å². The maximum atomic E-state index is 13.2. The Balaban J connectivity index is 1.79. The molecule has 0 aliphatic rings. The number of carbonyl (C=O) groups is 2. The van der Waals surface area contributed by atoms with Crippen LogP contribution in [0.4, 0.5) is 0 Å². The number of aliphatic carboxylic acids is 1. The normalized spacial score (nSPS) is 11.7. The summed E-state index contributed by atoms with van der Waals surface area (Å²) in [5.74, 6) is -0.679. The SMILES string of the molecule is CSCC[C@H](NC(=O)c1ccc(CCCCc2ccccc2)cc1-c1ccccc1C)C(=O)O. The molecule has 2 N–H and O–H groups in total. The van der Waals surface area contributed by atoms with Gasteiger partial charge in [0.15, 0.2) is 0 Å². The lowest BCUT2D eigenvalue weighted by atomic mass is 9.92. The van der Waals surface area contributed by atoms with E-state index in [1.54, 1.807) is 11.8 Å². The van der Waals surface area contributed by atoms with Crippen molar-refractivity contribution in [3.05, 3.63) is 95.1 Å². The van der Waals surface area contributed by atoms with Crippen LogP contribution in [-0.4, -0.2) is 35.0 Å². The summed E-state index contributed by atoms with van der Waals surface area (Å²) in [5.41, 5.74) is 5.97. The van der Waals surface area contributed by atoms with Gasteiger partial charge >= 0.3 is 5.97 Å². The van der Waals surface area contributed by atoms with Crippen LogP contribution in [0.2, 0.25) is 0 Å². The lowest BCUT2D eigenvalue weighted by Gasteiger charge is -2.17. The van der Waals surface area contributed by atoms with Crippen LogP contribution in [0.3, 0.4) is 0 Å². The van der Waals surface area contributed by atoms with Gasteiger partial charge in [0.25, 0.3) is 5.91 Å². The van der Waals surface area contributed by atoms with Gasteiger partial charge in [0.2, 0.25) is 0 Å². The quantitative estimate of drug-likeness (QED) is 0.308. The Hall–Kier alpha value is -3.05. The standard InChI is InChI=1S/C29H33NO3S/c1-21-10-6-9-15-24(21)26-20-23(14-8-7-13-22-11-4-3-5-12-22)16-17-25(26)28(31)30-27(29(32)33)18-19-34-2/h3-6,9-12,15-17,20,27H,7-8,13-14,18-19H2,1-2H3,(H,30,31)(H,32,33)/t27-/m0/s1. The summed E-state index contributed by atoms with van der Waals surface area (Å²) in [5, 5.41) is 12.3. The number of carboxylic acid groups (broad SMARTS) is 1. The Labute approximate surface area is 206 Å². The minimum atomic E-state index is -1.00. The van der Waals surface area contributed by atoms with Crippen LogP contribution >= 0.6 is 11.8 Å². The number of amides is 1. The van der Waals surface area contributed by atoms with Crippen LogP contribution in [0, 0.1) is 6.92 Å². The fourth-order valence-electron chi connectivity index (χ4n) is 4.07. The number of hydrogen-bond donors (Lipinski definition) is 2. The van der Waals surface area contributed by atoms with Gasteiger partial charge in [-0.25, -0.2) is 4.79 Å². The molecule has 0 aliphatic heterocycles. The van der Waals surface area contributed by atoms with Crippen LogP contribution in [0.25, 0.3) is 11.1 Å². The average molecular weight is 476 g/mol. The van der Waals surface area contributed by atoms with E-state index in [4.69, 9.17) is 0 Å². The van der Waals surface area contributed by atoms with Crippen molar-refractivity contribution in [1.29, 1.82) is 0 Å². The van der Waals surface area contributed by atoms with Crippen molar-refractivity contribution in [3.8, 4) is 11.1 Å². The van der Waals surface area contributed by atoms with E-state index in [9.17, 15) is 14.7 Å². The number of hydrogen-bond acceptors (Lipinski definition) is 3. The summed E-state index contributed by atoms with van der Waals surface area (Å²) in [7, 11) is 0. The molecule has 3 aromatic rings. The van der Waals surface area contributed by atoms with Gasteiger partial charge < -0.3 is 10.4 Å². The number of rotatable bonds is 12. The number of unbranched alkanes of at least 4 members (excludes halogenated alkanes) is 1. The van der Waals surface area contributed by atoms with Gasteiger partial charge in [0.05, 0.1) is 0 Å². The summed E-state index contributed by atoms with van der Waals surface area (Å²) in [6, 6.07) is 23.5. The minimum Gasteiger partial charge on any atom is -0.480 e. The third-order valence-corrected chi connectivity index (χ3v) is 6.65. The summed E-state index contributed by atoms with van der Waals surface area (Å²) in [6.07, 6.45) is 6.46. The van der Waals surface area contributed by atoms with E-state index in [1.165, 1.54) is 11.1 Å². The Morgan fingerprint density at radius 3 is 2.24 bits per heavy atom. The third-order valence-electron chi connectivity index (χ3n) is 6.00. The minimum absolute atomic E-state index is 0.345. The maximum Gasteiger partial charge on any atom is 0.326 e. The lowest BCUT2D eigenvalue weighted by molar-refractivity contribution is -0.139. The van der Waals surface area contributed by atoms with E-state index < -0.39 is 12.0 Å². The Morgan fingerprint density at radius 2 is 1.56 bits per heavy atom. The van der Waals surface area contributed by atoms with Gasteiger partial charge in [-0.05, 0) is 84.9 Å². The predicted molar refractivity (Wildman–Crippen MR) is 142 cm³/mol. The molecule has 0 radical (unpaired) electrons. The molecule has 0 unspecified atom stereocenters. The van der Waals surface area contributed by atoms with Crippen LogP contribution in [0.5, 0.6) is 0 Å². The highest BCUT2D eigenvalue weighted by Crippen LogP contribution is 2.29. The molecule has 3 rings (SSSR count). The van der Waals surface area contributed by atoms with E-state index in [0.717, 1.165) is 42.4 Å². The first-order valence-electron chi connectivity index (χ1n) is 11.7. The summed E-state index contributed by atoms with van der Waals surface area (Å²) >= 11 is 1.57. The molecule has 0 saturated carbocycles. The van der Waals surface area contributed by atoms with E-state index >= 15 is 0 Å². The fourth-order valence-corrected chi connectivity index (χ4v) is 4.55. The first-order valence-corrected chi connectivity index (χ1v) is 13.1. The predicted octanol–water partition coefficient (Wildman–Crippen LogP) is 6.16.